The number of hydrogen-bond acceptors (Lipinski definition) is 4. The highest BCUT2D eigenvalue weighted by Crippen LogP contribution is 2.23. The third kappa shape index (κ3) is 2.74. The van der Waals surface area contributed by atoms with Crippen LogP contribution in [0.25, 0.3) is 11.4 Å². The van der Waals surface area contributed by atoms with Crippen LogP contribution in [-0.2, 0) is 6.42 Å². The molecule has 1 aromatic heterocycles. The van der Waals surface area contributed by atoms with Crippen LogP contribution in [0.5, 0.6) is 0 Å². The van der Waals surface area contributed by atoms with E-state index < -0.39 is 0 Å². The predicted octanol–water partition coefficient (Wildman–Crippen LogP) is 2.92. The van der Waals surface area contributed by atoms with Crippen molar-refractivity contribution in [3.63, 3.8) is 0 Å². The van der Waals surface area contributed by atoms with E-state index in [9.17, 15) is 0 Å². The lowest BCUT2D eigenvalue weighted by Crippen LogP contribution is -2.13. The van der Waals surface area contributed by atoms with Gasteiger partial charge in [-0.25, -0.2) is 15.8 Å². The lowest BCUT2D eigenvalue weighted by molar-refractivity contribution is 0.994. The lowest BCUT2D eigenvalue weighted by Gasteiger charge is -2.12. The minimum atomic E-state index is 0.712. The number of nitrogens with one attached hydrogen (secondary N) is 1. The monoisotopic (exact) mass is 256 g/mol. The van der Waals surface area contributed by atoms with Crippen LogP contribution in [0.15, 0.2) is 18.2 Å². The standard InChI is InChI=1S/C15H20N4/c1-5-13-11(4)17-14(18-15(13)19-16)12-7-9(2)6-10(3)8-12/h6-8H,5,16H2,1-4H3,(H,17,18,19). The van der Waals surface area contributed by atoms with Crippen molar-refractivity contribution in [3.8, 4) is 11.4 Å². The van der Waals surface area contributed by atoms with Gasteiger partial charge in [0.25, 0.3) is 0 Å². The summed E-state index contributed by atoms with van der Waals surface area (Å²) < 4.78 is 0. The summed E-state index contributed by atoms with van der Waals surface area (Å²) in [5, 5.41) is 0. The summed E-state index contributed by atoms with van der Waals surface area (Å²) in [6, 6.07) is 6.32. The molecule has 0 aliphatic carbocycles. The molecule has 0 fully saturated rings. The average molecular weight is 256 g/mol. The van der Waals surface area contributed by atoms with Crippen molar-refractivity contribution in [1.82, 2.24) is 9.97 Å². The van der Waals surface area contributed by atoms with Crippen LogP contribution in [0.2, 0.25) is 0 Å². The fourth-order valence-corrected chi connectivity index (χ4v) is 2.37. The minimum absolute atomic E-state index is 0.712. The van der Waals surface area contributed by atoms with Gasteiger partial charge < -0.3 is 5.43 Å². The molecule has 0 saturated heterocycles. The lowest BCUT2D eigenvalue weighted by atomic mass is 10.1. The van der Waals surface area contributed by atoms with E-state index in [0.717, 1.165) is 29.1 Å². The minimum Gasteiger partial charge on any atom is -0.308 e. The van der Waals surface area contributed by atoms with Crippen molar-refractivity contribution in [3.05, 3.63) is 40.6 Å². The normalized spacial score (nSPS) is 10.6. The molecule has 0 saturated carbocycles. The number of aryl methyl sites for hydroxylation is 3. The second-order valence-corrected chi connectivity index (χ2v) is 4.83. The molecular weight excluding hydrogens is 236 g/mol. The molecule has 100 valence electrons. The average Bonchev–Trinajstić information content (AvgIpc) is 2.36. The number of nitrogen functional groups attached to an aromatic ring is 1. The summed E-state index contributed by atoms with van der Waals surface area (Å²) in [7, 11) is 0. The van der Waals surface area contributed by atoms with E-state index >= 15 is 0 Å². The molecule has 0 bridgehead atoms. The smallest absolute Gasteiger partial charge is 0.161 e. The van der Waals surface area contributed by atoms with E-state index in [2.05, 4.69) is 54.4 Å². The van der Waals surface area contributed by atoms with Crippen LogP contribution in [0, 0.1) is 20.8 Å². The van der Waals surface area contributed by atoms with E-state index in [4.69, 9.17) is 5.84 Å². The molecule has 0 amide bonds. The summed E-state index contributed by atoms with van der Waals surface area (Å²) in [4.78, 5) is 9.13. The maximum atomic E-state index is 5.56. The Hall–Kier alpha value is -1.94. The largest absolute Gasteiger partial charge is 0.308 e. The maximum Gasteiger partial charge on any atom is 0.161 e. The number of rotatable bonds is 3. The summed E-state index contributed by atoms with van der Waals surface area (Å²) in [6.45, 7) is 8.22. The van der Waals surface area contributed by atoms with Crippen LogP contribution < -0.4 is 11.3 Å². The van der Waals surface area contributed by atoms with Gasteiger partial charge in [-0.1, -0.05) is 24.1 Å². The Labute approximate surface area is 114 Å². The number of benzene rings is 1. The first-order chi connectivity index (χ1) is 9.05. The molecule has 0 aliphatic rings. The first kappa shape index (κ1) is 13.5. The zero-order valence-electron chi connectivity index (χ0n) is 11.9. The van der Waals surface area contributed by atoms with Crippen LogP contribution in [0.3, 0.4) is 0 Å². The Morgan fingerprint density at radius 2 is 1.68 bits per heavy atom. The van der Waals surface area contributed by atoms with Gasteiger partial charge in [0, 0.05) is 16.8 Å². The van der Waals surface area contributed by atoms with Crippen LogP contribution in [-0.4, -0.2) is 9.97 Å². The molecule has 1 aromatic carbocycles. The molecule has 4 heteroatoms. The highest BCUT2D eigenvalue weighted by atomic mass is 15.3. The number of aromatic nitrogens is 2. The summed E-state index contributed by atoms with van der Waals surface area (Å²) in [5.74, 6) is 6.99. The SMILES string of the molecule is CCc1c(C)nc(-c2cc(C)cc(C)c2)nc1NN. The van der Waals surface area contributed by atoms with E-state index in [-0.39, 0.29) is 0 Å². The number of hydrazine groups is 1. The zero-order valence-corrected chi connectivity index (χ0v) is 11.9. The van der Waals surface area contributed by atoms with Crippen molar-refractivity contribution >= 4 is 5.82 Å². The molecule has 19 heavy (non-hydrogen) atoms. The first-order valence-electron chi connectivity index (χ1n) is 6.48. The van der Waals surface area contributed by atoms with E-state index in [1.807, 2.05) is 6.92 Å². The van der Waals surface area contributed by atoms with Crippen LogP contribution in [0.4, 0.5) is 5.82 Å². The molecule has 0 aliphatic heterocycles. The Balaban J connectivity index is 2.59. The molecule has 0 spiro atoms. The van der Waals surface area contributed by atoms with E-state index in [0.29, 0.717) is 5.82 Å². The highest BCUT2D eigenvalue weighted by Gasteiger charge is 2.11. The molecule has 0 unspecified atom stereocenters. The van der Waals surface area contributed by atoms with Gasteiger partial charge in [0.2, 0.25) is 0 Å². The third-order valence-corrected chi connectivity index (χ3v) is 3.18. The molecule has 0 atom stereocenters. The fourth-order valence-electron chi connectivity index (χ4n) is 2.37. The predicted molar refractivity (Wildman–Crippen MR) is 78.9 cm³/mol. The van der Waals surface area contributed by atoms with Gasteiger partial charge in [0.1, 0.15) is 5.82 Å². The molecule has 1 heterocycles. The van der Waals surface area contributed by atoms with E-state index in [1.54, 1.807) is 0 Å². The van der Waals surface area contributed by atoms with Gasteiger partial charge in [0.05, 0.1) is 0 Å². The summed E-state index contributed by atoms with van der Waals surface area (Å²) >= 11 is 0. The number of nitrogens with zero attached hydrogens (tertiary/aromatic N) is 2. The first-order valence-corrected chi connectivity index (χ1v) is 6.48. The molecule has 2 rings (SSSR count). The maximum absolute atomic E-state index is 5.56. The van der Waals surface area contributed by atoms with Crippen molar-refractivity contribution in [2.45, 2.75) is 34.1 Å². The molecular formula is C15H20N4. The molecule has 4 nitrogen and oxygen atoms in total. The number of nitrogens with two attached hydrogens (primary N) is 1. The van der Waals surface area contributed by atoms with Crippen molar-refractivity contribution in [2.24, 2.45) is 5.84 Å². The molecule has 0 radical (unpaired) electrons. The second-order valence-electron chi connectivity index (χ2n) is 4.83. The van der Waals surface area contributed by atoms with Gasteiger partial charge in [-0.3, -0.25) is 0 Å². The number of hydrogen-bond donors (Lipinski definition) is 2. The van der Waals surface area contributed by atoms with Gasteiger partial charge >= 0.3 is 0 Å². The fraction of sp³-hybridized carbons (Fsp3) is 0.333. The van der Waals surface area contributed by atoms with Gasteiger partial charge in [-0.05, 0) is 39.3 Å². The second kappa shape index (κ2) is 5.36. The van der Waals surface area contributed by atoms with Gasteiger partial charge in [-0.15, -0.1) is 0 Å². The quantitative estimate of drug-likeness (QED) is 0.654. The van der Waals surface area contributed by atoms with Crippen molar-refractivity contribution in [2.75, 3.05) is 5.43 Å². The van der Waals surface area contributed by atoms with Crippen molar-refractivity contribution in [1.29, 1.82) is 0 Å². The molecule has 3 N–H and O–H groups in total. The Morgan fingerprint density at radius 3 is 2.21 bits per heavy atom. The van der Waals surface area contributed by atoms with E-state index in [1.165, 1.54) is 11.1 Å². The van der Waals surface area contributed by atoms with Crippen LogP contribution >= 0.6 is 0 Å². The topological polar surface area (TPSA) is 63.8 Å². The van der Waals surface area contributed by atoms with Gasteiger partial charge in [-0.2, -0.15) is 0 Å². The number of anilines is 1. The summed E-state index contributed by atoms with van der Waals surface area (Å²) in [6.07, 6.45) is 0.860. The molecule has 2 aromatic rings. The van der Waals surface area contributed by atoms with Gasteiger partial charge in [0.15, 0.2) is 5.82 Å². The third-order valence-electron chi connectivity index (χ3n) is 3.18. The summed E-state index contributed by atoms with van der Waals surface area (Å²) in [5.41, 5.74) is 8.15. The Kier molecular flexibility index (Phi) is 3.81. The Bertz CT molecular complexity index is 585. The van der Waals surface area contributed by atoms with Crippen molar-refractivity contribution < 1.29 is 0 Å². The highest BCUT2D eigenvalue weighted by molar-refractivity contribution is 5.61. The van der Waals surface area contributed by atoms with Crippen LogP contribution in [0.1, 0.15) is 29.3 Å². The zero-order chi connectivity index (χ0) is 14.0. The Morgan fingerprint density at radius 1 is 1.05 bits per heavy atom.